The van der Waals surface area contributed by atoms with Crippen LogP contribution in [-0.2, 0) is 20.2 Å². The van der Waals surface area contributed by atoms with Crippen LogP contribution in [0.5, 0.6) is 5.75 Å². The molecule has 1 aromatic carbocycles. The van der Waals surface area contributed by atoms with Gasteiger partial charge in [0.15, 0.2) is 15.6 Å². The first-order valence-electron chi connectivity index (χ1n) is 4.24. The summed E-state index contributed by atoms with van der Waals surface area (Å²) < 4.78 is 67.4. The molecule has 9 nitrogen and oxygen atoms in total. The van der Waals surface area contributed by atoms with E-state index in [1.807, 2.05) is 0 Å². The van der Waals surface area contributed by atoms with Crippen molar-refractivity contribution in [1.82, 2.24) is 0 Å². The van der Waals surface area contributed by atoms with Gasteiger partial charge in [-0.1, -0.05) is 0 Å². The summed E-state index contributed by atoms with van der Waals surface area (Å²) in [5.74, 6) is -0.414. The highest BCUT2D eigenvalue weighted by atomic mass is 127. The number of halogens is 2. The van der Waals surface area contributed by atoms with E-state index in [0.717, 1.165) is 13.2 Å². The Morgan fingerprint density at radius 3 is 2.05 bits per heavy atom. The minimum atomic E-state index is -4.95. The van der Waals surface area contributed by atoms with Crippen LogP contribution in [0.3, 0.4) is 0 Å². The molecule has 0 aliphatic carbocycles. The van der Waals surface area contributed by atoms with E-state index in [4.69, 9.17) is 19.2 Å². The zero-order valence-electron chi connectivity index (χ0n) is 9.48. The molecule has 0 heterocycles. The number of diazo groups is 1. The largest absolute Gasteiger partial charge is 1.00 e. The van der Waals surface area contributed by atoms with E-state index in [0.29, 0.717) is 0 Å². The van der Waals surface area contributed by atoms with Crippen molar-refractivity contribution in [1.29, 1.82) is 5.39 Å². The van der Waals surface area contributed by atoms with Crippen LogP contribution in [0.1, 0.15) is 0 Å². The molecule has 0 atom stereocenters. The van der Waals surface area contributed by atoms with Crippen LogP contribution in [0.25, 0.3) is 4.98 Å². The minimum absolute atomic E-state index is 0. The number of hydrogen-bond donors (Lipinski definition) is 2. The second kappa shape index (κ2) is 6.37. The lowest BCUT2D eigenvalue weighted by molar-refractivity contribution is -0.0000128. The van der Waals surface area contributed by atoms with Gasteiger partial charge >= 0.3 is 25.9 Å². The van der Waals surface area contributed by atoms with Gasteiger partial charge in [-0.3, -0.25) is 9.11 Å². The molecule has 0 saturated heterocycles. The number of ether oxygens (including phenoxy) is 1. The van der Waals surface area contributed by atoms with Crippen molar-refractivity contribution in [2.45, 2.75) is 9.79 Å². The van der Waals surface area contributed by atoms with Crippen molar-refractivity contribution in [3.05, 3.63) is 14.6 Å². The van der Waals surface area contributed by atoms with Crippen LogP contribution in [0, 0.1) is 8.96 Å². The molecule has 0 amide bonds. The molecule has 0 saturated carbocycles. The summed E-state index contributed by atoms with van der Waals surface area (Å²) in [4.78, 5) is 0.454. The predicted octanol–water partition coefficient (Wildman–Crippen LogP) is -1.72. The summed E-state index contributed by atoms with van der Waals surface area (Å²) in [7, 11) is -8.75. The van der Waals surface area contributed by atoms with Crippen molar-refractivity contribution in [2.24, 2.45) is 0 Å². The van der Waals surface area contributed by atoms with Crippen molar-refractivity contribution in [3.63, 3.8) is 0 Å². The molecule has 0 aromatic heterocycles. The van der Waals surface area contributed by atoms with E-state index in [2.05, 4.69) is 4.98 Å². The molecule has 13 heteroatoms. The summed E-state index contributed by atoms with van der Waals surface area (Å²) in [6, 6.07) is 0.832. The lowest BCUT2D eigenvalue weighted by atomic mass is 10.3. The van der Waals surface area contributed by atoms with E-state index >= 15 is 0 Å². The van der Waals surface area contributed by atoms with Crippen molar-refractivity contribution in [3.8, 4) is 5.75 Å². The monoisotopic (exact) mass is 456 g/mol. The minimum Gasteiger partial charge on any atom is -1.00 e. The molecule has 0 radical (unpaired) electrons. The number of rotatable bonds is 3. The van der Waals surface area contributed by atoms with Crippen LogP contribution < -0.4 is 17.1 Å². The zero-order chi connectivity index (χ0) is 15.0. The third-order valence-electron chi connectivity index (χ3n) is 1.97. The molecular weight excluding hydrogens is 451 g/mol. The van der Waals surface area contributed by atoms with Gasteiger partial charge in [-0.15, -0.1) is 0 Å². The summed E-state index contributed by atoms with van der Waals surface area (Å²) in [6.07, 6.45) is 0. The summed E-state index contributed by atoms with van der Waals surface area (Å²) in [5, 5.41) is 8.75. The number of methoxy groups -OCH3 is 1. The number of benzene rings is 1. The molecule has 0 bridgehead atoms. The predicted molar refractivity (Wildman–Crippen MR) is 70.1 cm³/mol. The van der Waals surface area contributed by atoms with Gasteiger partial charge in [0.1, 0.15) is 0 Å². The quantitative estimate of drug-likeness (QED) is 0.310. The standard InChI is InChI=1S/C7H5IN2O7S2.ClH/c1-17-6-3(8)2-4(18(11,12)13)5(10-9)7(6)19(14,15)16;/h2H,1H3,(H-,11,12,13,14,15,16);1H. The zero-order valence-corrected chi connectivity index (χ0v) is 14.0. The molecule has 0 unspecified atom stereocenters. The van der Waals surface area contributed by atoms with Gasteiger partial charge in [0, 0.05) is 0 Å². The van der Waals surface area contributed by atoms with Crippen molar-refractivity contribution in [2.75, 3.05) is 7.11 Å². The van der Waals surface area contributed by atoms with Crippen LogP contribution in [0.15, 0.2) is 15.9 Å². The molecule has 112 valence electrons. The maximum Gasteiger partial charge on any atom is 0.430 e. The van der Waals surface area contributed by atoms with Gasteiger partial charge in [-0.2, -0.15) is 16.8 Å². The van der Waals surface area contributed by atoms with Crippen LogP contribution >= 0.6 is 22.6 Å². The molecule has 0 aliphatic rings. The molecule has 2 N–H and O–H groups in total. The summed E-state index contributed by atoms with van der Waals surface area (Å²) >= 11 is 1.53. The Balaban J connectivity index is 0.00000361. The smallest absolute Gasteiger partial charge is 0.430 e. The first-order chi connectivity index (χ1) is 8.54. The third kappa shape index (κ3) is 3.68. The normalized spacial score (nSPS) is 11.3. The Bertz CT molecular complexity index is 784. The molecule has 1 rings (SSSR count). The average molecular weight is 457 g/mol. The van der Waals surface area contributed by atoms with Crippen molar-refractivity contribution < 1.29 is 43.1 Å². The molecule has 0 aliphatic heterocycles. The van der Waals surface area contributed by atoms with Crippen molar-refractivity contribution >= 4 is 48.5 Å². The fourth-order valence-corrected chi connectivity index (χ4v) is 4.03. The lowest BCUT2D eigenvalue weighted by Crippen LogP contribution is -3.00. The van der Waals surface area contributed by atoms with E-state index in [9.17, 15) is 16.8 Å². The summed E-state index contributed by atoms with van der Waals surface area (Å²) in [5.41, 5.74) is -1.04. The molecule has 0 fully saturated rings. The summed E-state index contributed by atoms with van der Waals surface area (Å²) in [6.45, 7) is 0. The number of hydrogen-bond acceptors (Lipinski definition) is 6. The molecular formula is C7H6ClIN2O7S2. The SMILES string of the molecule is COc1c(I)cc(S(=O)(=O)O)c([N+]#N)c1S(=O)(=O)O.[Cl-]. The van der Waals surface area contributed by atoms with Gasteiger partial charge in [0.2, 0.25) is 10.3 Å². The molecule has 0 spiro atoms. The van der Waals surface area contributed by atoms with Gasteiger partial charge in [0.25, 0.3) is 0 Å². The van der Waals surface area contributed by atoms with E-state index in [1.54, 1.807) is 0 Å². The van der Waals surface area contributed by atoms with Crippen LogP contribution in [0.2, 0.25) is 0 Å². The Morgan fingerprint density at radius 1 is 1.25 bits per heavy atom. The fourth-order valence-electron chi connectivity index (χ4n) is 1.30. The second-order valence-electron chi connectivity index (χ2n) is 3.12. The van der Waals surface area contributed by atoms with Gasteiger partial charge < -0.3 is 17.1 Å². The number of nitrogens with zero attached hydrogens (tertiary/aromatic N) is 2. The average Bonchev–Trinajstić information content (AvgIpc) is 2.24. The highest BCUT2D eigenvalue weighted by Crippen LogP contribution is 2.41. The molecule has 20 heavy (non-hydrogen) atoms. The van der Waals surface area contributed by atoms with Gasteiger partial charge in [0.05, 0.1) is 10.7 Å². The van der Waals surface area contributed by atoms with Crippen LogP contribution in [-0.4, -0.2) is 33.1 Å². The van der Waals surface area contributed by atoms with E-state index in [1.165, 1.54) is 22.6 Å². The second-order valence-corrected chi connectivity index (χ2v) is 7.03. The topological polar surface area (TPSA) is 146 Å². The third-order valence-corrected chi connectivity index (χ3v) is 4.53. The maximum absolute atomic E-state index is 11.2. The highest BCUT2D eigenvalue weighted by molar-refractivity contribution is 14.1. The Labute approximate surface area is 134 Å². The lowest BCUT2D eigenvalue weighted by Gasteiger charge is -2.07. The highest BCUT2D eigenvalue weighted by Gasteiger charge is 2.39. The Hall–Kier alpha value is -0.720. The van der Waals surface area contributed by atoms with E-state index < -0.39 is 41.5 Å². The Kier molecular flexibility index (Phi) is 6.14. The van der Waals surface area contributed by atoms with E-state index in [-0.39, 0.29) is 16.0 Å². The first kappa shape index (κ1) is 19.3. The first-order valence-corrected chi connectivity index (χ1v) is 8.20. The van der Waals surface area contributed by atoms with Gasteiger partial charge in [-0.25, -0.2) is 0 Å². The van der Waals surface area contributed by atoms with Crippen LogP contribution in [0.4, 0.5) is 5.69 Å². The fraction of sp³-hybridized carbons (Fsp3) is 0.143. The maximum atomic E-state index is 11.2. The Morgan fingerprint density at radius 2 is 1.75 bits per heavy atom. The molecule has 1 aromatic rings. The van der Waals surface area contributed by atoms with Gasteiger partial charge in [-0.05, 0) is 28.7 Å².